The molecule has 1 saturated heterocycles. The predicted octanol–water partition coefficient (Wildman–Crippen LogP) is 2.35. The average Bonchev–Trinajstić information content (AvgIpc) is 3.27. The van der Waals surface area contributed by atoms with Crippen molar-refractivity contribution in [3.05, 3.63) is 59.8 Å². The second kappa shape index (κ2) is 12.7. The van der Waals surface area contributed by atoms with E-state index in [1.165, 1.54) is 11.8 Å². The van der Waals surface area contributed by atoms with E-state index >= 15 is 0 Å². The lowest BCUT2D eigenvalue weighted by Gasteiger charge is -2.33. The van der Waals surface area contributed by atoms with Crippen LogP contribution in [-0.4, -0.2) is 83.2 Å². The van der Waals surface area contributed by atoms with Gasteiger partial charge in [0.25, 0.3) is 5.91 Å². The van der Waals surface area contributed by atoms with Crippen LogP contribution in [0.1, 0.15) is 28.4 Å². The molecule has 0 saturated carbocycles. The van der Waals surface area contributed by atoms with Crippen molar-refractivity contribution >= 4 is 23.7 Å². The fraction of sp³-hybridized carbons (Fsp3) is 0.478. The number of aliphatic hydroxyl groups is 1. The number of oxazole rings is 1. The predicted molar refractivity (Wildman–Crippen MR) is 125 cm³/mol. The van der Waals surface area contributed by atoms with Crippen molar-refractivity contribution in [2.75, 3.05) is 51.3 Å². The first-order valence-electron chi connectivity index (χ1n) is 10.7. The van der Waals surface area contributed by atoms with Gasteiger partial charge < -0.3 is 14.8 Å². The summed E-state index contributed by atoms with van der Waals surface area (Å²) in [7, 11) is 0. The Balaban J connectivity index is 1.40. The molecule has 1 fully saturated rings. The third-order valence-corrected chi connectivity index (χ3v) is 5.95. The number of aromatic nitrogens is 1. The van der Waals surface area contributed by atoms with Gasteiger partial charge in [-0.25, -0.2) is 4.98 Å². The molecule has 7 nitrogen and oxygen atoms in total. The minimum atomic E-state index is -0.301. The Morgan fingerprint density at radius 2 is 2.00 bits per heavy atom. The lowest BCUT2D eigenvalue weighted by atomic mass is 10.2. The molecule has 0 aliphatic carbocycles. The number of hydrogen-bond acceptors (Lipinski definition) is 7. The summed E-state index contributed by atoms with van der Waals surface area (Å²) in [4.78, 5) is 21.4. The number of amides is 1. The van der Waals surface area contributed by atoms with Gasteiger partial charge in [-0.3, -0.25) is 14.6 Å². The second-order valence-electron chi connectivity index (χ2n) is 7.65. The Labute approximate surface area is 188 Å². The molecule has 31 heavy (non-hydrogen) atoms. The summed E-state index contributed by atoms with van der Waals surface area (Å²) in [6.07, 6.45) is 8.50. The highest BCUT2D eigenvalue weighted by Crippen LogP contribution is 2.10. The summed E-state index contributed by atoms with van der Waals surface area (Å²) in [5.74, 6) is 1.13. The van der Waals surface area contributed by atoms with E-state index in [2.05, 4.69) is 44.4 Å². The van der Waals surface area contributed by atoms with Crippen LogP contribution in [0.15, 0.2) is 47.1 Å². The molecule has 2 N–H and O–H groups in total. The number of carbonyl (C=O) groups excluding carboxylic acids is 1. The van der Waals surface area contributed by atoms with Crippen LogP contribution < -0.4 is 5.32 Å². The van der Waals surface area contributed by atoms with Gasteiger partial charge in [-0.15, -0.1) is 0 Å². The van der Waals surface area contributed by atoms with E-state index in [1.54, 1.807) is 11.8 Å². The van der Waals surface area contributed by atoms with Crippen molar-refractivity contribution in [1.29, 1.82) is 0 Å². The maximum Gasteiger partial charge on any atom is 0.273 e. The largest absolute Gasteiger partial charge is 0.447 e. The number of rotatable bonds is 11. The van der Waals surface area contributed by atoms with Crippen LogP contribution in [0.25, 0.3) is 6.08 Å². The summed E-state index contributed by atoms with van der Waals surface area (Å²) in [5, 5.41) is 12.2. The molecular formula is C23H32N4O3S. The molecule has 8 heteroatoms. The summed E-state index contributed by atoms with van der Waals surface area (Å²) in [6, 6.07) is 10.1. The van der Waals surface area contributed by atoms with E-state index < -0.39 is 0 Å². The Bertz CT molecular complexity index is 819. The molecule has 0 unspecified atom stereocenters. The summed E-state index contributed by atoms with van der Waals surface area (Å²) in [6.45, 7) is 5.30. The normalized spacial score (nSPS) is 16.6. The van der Waals surface area contributed by atoms with Gasteiger partial charge in [0.05, 0.1) is 19.2 Å². The van der Waals surface area contributed by atoms with Gasteiger partial charge in [0, 0.05) is 32.7 Å². The van der Waals surface area contributed by atoms with E-state index in [9.17, 15) is 9.90 Å². The number of nitrogens with zero attached hydrogens (tertiary/aromatic N) is 3. The molecule has 1 amide bonds. The van der Waals surface area contributed by atoms with Gasteiger partial charge in [-0.2, -0.15) is 11.8 Å². The highest BCUT2D eigenvalue weighted by Gasteiger charge is 2.20. The average molecular weight is 445 g/mol. The lowest BCUT2D eigenvalue weighted by Crippen LogP contribution is -2.45. The van der Waals surface area contributed by atoms with E-state index in [0.29, 0.717) is 12.4 Å². The molecule has 1 aromatic heterocycles. The summed E-state index contributed by atoms with van der Waals surface area (Å²) >= 11 is 1.69. The Kier molecular flexibility index (Phi) is 9.61. The SMILES string of the molecule is CSCC[C@@H](CO)NC(=O)c1coc(CN2CCN(C/C=C/c3ccccc3)CC2)n1. The molecule has 1 aromatic carbocycles. The third kappa shape index (κ3) is 7.81. The van der Waals surface area contributed by atoms with Gasteiger partial charge in [0.15, 0.2) is 5.69 Å². The van der Waals surface area contributed by atoms with Crippen LogP contribution >= 0.6 is 11.8 Å². The van der Waals surface area contributed by atoms with Crippen molar-refractivity contribution in [1.82, 2.24) is 20.1 Å². The molecule has 1 aliphatic rings. The smallest absolute Gasteiger partial charge is 0.273 e. The molecule has 2 aromatic rings. The Morgan fingerprint density at radius 3 is 2.71 bits per heavy atom. The number of nitrogens with one attached hydrogen (secondary N) is 1. The maximum atomic E-state index is 12.4. The van der Waals surface area contributed by atoms with Gasteiger partial charge in [-0.05, 0) is 24.0 Å². The van der Waals surface area contributed by atoms with E-state index in [0.717, 1.165) is 44.9 Å². The monoisotopic (exact) mass is 444 g/mol. The minimum Gasteiger partial charge on any atom is -0.447 e. The van der Waals surface area contributed by atoms with Crippen LogP contribution in [0.3, 0.4) is 0 Å². The van der Waals surface area contributed by atoms with Crippen molar-refractivity contribution in [2.45, 2.75) is 19.0 Å². The topological polar surface area (TPSA) is 81.8 Å². The maximum absolute atomic E-state index is 12.4. The molecule has 2 heterocycles. The quantitative estimate of drug-likeness (QED) is 0.551. The third-order valence-electron chi connectivity index (χ3n) is 5.31. The van der Waals surface area contributed by atoms with Gasteiger partial charge in [0.1, 0.15) is 6.26 Å². The number of benzene rings is 1. The molecular weight excluding hydrogens is 412 g/mol. The molecule has 1 atom stereocenters. The number of thioether (sulfide) groups is 1. The van der Waals surface area contributed by atoms with E-state index in [-0.39, 0.29) is 24.2 Å². The Hall–Kier alpha value is -2.13. The minimum absolute atomic E-state index is 0.0815. The van der Waals surface area contributed by atoms with E-state index in [4.69, 9.17) is 4.42 Å². The van der Waals surface area contributed by atoms with Crippen LogP contribution in [0.5, 0.6) is 0 Å². The first kappa shape index (κ1) is 23.5. The van der Waals surface area contributed by atoms with Crippen LogP contribution in [0.2, 0.25) is 0 Å². The number of piperazine rings is 1. The highest BCUT2D eigenvalue weighted by atomic mass is 32.2. The Morgan fingerprint density at radius 1 is 1.26 bits per heavy atom. The van der Waals surface area contributed by atoms with Gasteiger partial charge >= 0.3 is 0 Å². The van der Waals surface area contributed by atoms with Gasteiger partial charge in [-0.1, -0.05) is 42.5 Å². The van der Waals surface area contributed by atoms with Crippen LogP contribution in [-0.2, 0) is 6.54 Å². The molecule has 168 valence electrons. The number of hydrogen-bond donors (Lipinski definition) is 2. The number of aliphatic hydroxyl groups excluding tert-OH is 1. The zero-order valence-corrected chi connectivity index (χ0v) is 18.9. The van der Waals surface area contributed by atoms with Crippen LogP contribution in [0.4, 0.5) is 0 Å². The van der Waals surface area contributed by atoms with E-state index in [1.807, 2.05) is 24.5 Å². The molecule has 0 bridgehead atoms. The zero-order valence-electron chi connectivity index (χ0n) is 18.1. The summed E-state index contributed by atoms with van der Waals surface area (Å²) in [5.41, 5.74) is 1.49. The fourth-order valence-corrected chi connectivity index (χ4v) is 3.96. The zero-order chi connectivity index (χ0) is 21.9. The molecule has 0 spiro atoms. The fourth-order valence-electron chi connectivity index (χ4n) is 3.44. The van der Waals surface area contributed by atoms with Crippen molar-refractivity contribution in [3.63, 3.8) is 0 Å². The molecule has 3 rings (SSSR count). The van der Waals surface area contributed by atoms with Crippen molar-refractivity contribution < 1.29 is 14.3 Å². The van der Waals surface area contributed by atoms with Gasteiger partial charge in [0.2, 0.25) is 5.89 Å². The van der Waals surface area contributed by atoms with Crippen molar-refractivity contribution in [2.24, 2.45) is 0 Å². The lowest BCUT2D eigenvalue weighted by molar-refractivity contribution is 0.0910. The molecule has 1 aliphatic heterocycles. The first-order valence-corrected chi connectivity index (χ1v) is 12.1. The number of carbonyl (C=O) groups is 1. The standard InChI is InChI=1S/C23H32N4O3S/c1-31-15-9-20(17-28)24-23(29)21-18-30-22(25-21)16-27-13-11-26(12-14-27)10-5-8-19-6-3-2-4-7-19/h2-8,18,20,28H,9-17H2,1H3,(H,24,29)/b8-5+/t20-/m0/s1. The highest BCUT2D eigenvalue weighted by molar-refractivity contribution is 7.98. The summed E-state index contributed by atoms with van der Waals surface area (Å²) < 4.78 is 5.52. The molecule has 0 radical (unpaired) electrons. The van der Waals surface area contributed by atoms with Crippen molar-refractivity contribution in [3.8, 4) is 0 Å². The first-order chi connectivity index (χ1) is 15.2. The second-order valence-corrected chi connectivity index (χ2v) is 8.64. The van der Waals surface area contributed by atoms with Crippen LogP contribution in [0, 0.1) is 0 Å².